The van der Waals surface area contributed by atoms with Crippen LogP contribution in [0.3, 0.4) is 0 Å². The number of thiophene rings is 1. The fraction of sp³-hybridized carbons (Fsp3) is 0.688. The van der Waals surface area contributed by atoms with Crippen LogP contribution in [0.2, 0.25) is 0 Å². The molecule has 6 heteroatoms. The van der Waals surface area contributed by atoms with Crippen LogP contribution in [0.5, 0.6) is 0 Å². The largest absolute Gasteiger partial charge is 0.384 e. The molecule has 22 heavy (non-hydrogen) atoms. The van der Waals surface area contributed by atoms with Crippen LogP contribution < -0.4 is 10.6 Å². The number of aryl methyl sites for hydroxylation is 2. The summed E-state index contributed by atoms with van der Waals surface area (Å²) in [7, 11) is 1.75. The van der Waals surface area contributed by atoms with Crippen molar-refractivity contribution in [3.05, 3.63) is 21.4 Å². The van der Waals surface area contributed by atoms with Gasteiger partial charge in [0.25, 0.3) is 5.91 Å². The molecule has 0 saturated carbocycles. The van der Waals surface area contributed by atoms with Crippen molar-refractivity contribution in [3.8, 4) is 0 Å². The van der Waals surface area contributed by atoms with E-state index in [0.717, 1.165) is 50.3 Å². The molecule has 1 aliphatic heterocycles. The van der Waals surface area contributed by atoms with Crippen LogP contribution in [0.15, 0.2) is 6.07 Å². The van der Waals surface area contributed by atoms with Crippen molar-refractivity contribution in [2.24, 2.45) is 5.41 Å². The molecule has 0 atom stereocenters. The van der Waals surface area contributed by atoms with Crippen molar-refractivity contribution in [1.29, 1.82) is 0 Å². The van der Waals surface area contributed by atoms with Gasteiger partial charge in [-0.15, -0.1) is 23.7 Å². The van der Waals surface area contributed by atoms with E-state index in [-0.39, 0.29) is 23.7 Å². The predicted molar refractivity (Wildman–Crippen MR) is 92.3 cm³/mol. The minimum absolute atomic E-state index is 0. The number of piperidine rings is 1. The molecule has 1 fully saturated rings. The summed E-state index contributed by atoms with van der Waals surface area (Å²) in [6, 6.07) is 2.09. The normalized spacial score (nSPS) is 19.3. The van der Waals surface area contributed by atoms with Gasteiger partial charge in [-0.2, -0.15) is 0 Å². The fourth-order valence-corrected chi connectivity index (χ4v) is 4.60. The molecule has 0 unspecified atom stereocenters. The van der Waals surface area contributed by atoms with Gasteiger partial charge in [0, 0.05) is 23.9 Å². The Balaban J connectivity index is 0.00000176. The molecule has 1 aromatic heterocycles. The molecule has 1 aliphatic carbocycles. The first-order chi connectivity index (χ1) is 10.2. The second-order valence-corrected chi connectivity index (χ2v) is 7.42. The van der Waals surface area contributed by atoms with Crippen molar-refractivity contribution in [1.82, 2.24) is 10.6 Å². The smallest absolute Gasteiger partial charge is 0.261 e. The highest BCUT2D eigenvalue weighted by Gasteiger charge is 2.32. The molecule has 3 rings (SSSR count). The highest BCUT2D eigenvalue weighted by atomic mass is 35.5. The van der Waals surface area contributed by atoms with E-state index in [1.807, 2.05) is 0 Å². The Hall–Kier alpha value is -0.620. The van der Waals surface area contributed by atoms with E-state index < -0.39 is 0 Å². The standard InChI is InChI=1S/C16H24N2O2S.ClH/c1-20-11-16(5-7-17-8-6-16)10-18-15(19)14-9-12-3-2-4-13(12)21-14;/h9,17H,2-8,10-11H2,1H3,(H,18,19);1H. The number of rotatable bonds is 5. The van der Waals surface area contributed by atoms with Crippen LogP contribution in [-0.4, -0.2) is 39.3 Å². The SMILES string of the molecule is COCC1(CNC(=O)c2cc3c(s2)CCC3)CCNCC1.Cl. The summed E-state index contributed by atoms with van der Waals surface area (Å²) < 4.78 is 5.40. The highest BCUT2D eigenvalue weighted by Crippen LogP contribution is 2.31. The molecule has 2 aliphatic rings. The molecule has 0 spiro atoms. The summed E-state index contributed by atoms with van der Waals surface area (Å²) >= 11 is 1.67. The maximum Gasteiger partial charge on any atom is 0.261 e. The minimum Gasteiger partial charge on any atom is -0.384 e. The van der Waals surface area contributed by atoms with Crippen LogP contribution in [0.4, 0.5) is 0 Å². The van der Waals surface area contributed by atoms with Crippen LogP contribution in [-0.2, 0) is 17.6 Å². The van der Waals surface area contributed by atoms with Gasteiger partial charge in [-0.3, -0.25) is 4.79 Å². The number of hydrogen-bond acceptors (Lipinski definition) is 4. The van der Waals surface area contributed by atoms with E-state index in [0.29, 0.717) is 6.54 Å². The van der Waals surface area contributed by atoms with Gasteiger partial charge < -0.3 is 15.4 Å². The molecule has 1 aromatic rings. The monoisotopic (exact) mass is 344 g/mol. The Morgan fingerprint density at radius 3 is 2.86 bits per heavy atom. The lowest BCUT2D eigenvalue weighted by molar-refractivity contribution is 0.0512. The van der Waals surface area contributed by atoms with E-state index in [1.165, 1.54) is 16.9 Å². The van der Waals surface area contributed by atoms with Crippen LogP contribution in [0, 0.1) is 5.41 Å². The maximum absolute atomic E-state index is 12.4. The molecule has 0 bridgehead atoms. The van der Waals surface area contributed by atoms with E-state index in [4.69, 9.17) is 4.74 Å². The Labute approximate surface area is 142 Å². The number of hydrogen-bond donors (Lipinski definition) is 2. The van der Waals surface area contributed by atoms with Gasteiger partial charge >= 0.3 is 0 Å². The van der Waals surface area contributed by atoms with Gasteiger partial charge in [-0.1, -0.05) is 0 Å². The Kier molecular flexibility index (Phi) is 6.26. The molecular weight excluding hydrogens is 320 g/mol. The Morgan fingerprint density at radius 1 is 1.41 bits per heavy atom. The summed E-state index contributed by atoms with van der Waals surface area (Å²) in [5.74, 6) is 0.0865. The first-order valence-electron chi connectivity index (χ1n) is 7.82. The lowest BCUT2D eigenvalue weighted by Crippen LogP contribution is -2.47. The fourth-order valence-electron chi connectivity index (χ4n) is 3.43. The average Bonchev–Trinajstić information content (AvgIpc) is 3.07. The van der Waals surface area contributed by atoms with Crippen LogP contribution >= 0.6 is 23.7 Å². The third kappa shape index (κ3) is 3.82. The molecule has 124 valence electrons. The van der Waals surface area contributed by atoms with E-state index in [9.17, 15) is 4.79 Å². The van der Waals surface area contributed by atoms with Crippen molar-refractivity contribution < 1.29 is 9.53 Å². The van der Waals surface area contributed by atoms with E-state index >= 15 is 0 Å². The average molecular weight is 345 g/mol. The third-order valence-corrected chi connectivity index (χ3v) is 5.94. The van der Waals surface area contributed by atoms with Crippen LogP contribution in [0.25, 0.3) is 0 Å². The lowest BCUT2D eigenvalue weighted by atomic mass is 9.79. The second kappa shape index (κ2) is 7.77. The Bertz CT molecular complexity index is 485. The van der Waals surface area contributed by atoms with Crippen molar-refractivity contribution in [2.75, 3.05) is 33.4 Å². The quantitative estimate of drug-likeness (QED) is 0.862. The number of carbonyl (C=O) groups is 1. The van der Waals surface area contributed by atoms with Crippen molar-refractivity contribution in [3.63, 3.8) is 0 Å². The van der Waals surface area contributed by atoms with Gasteiger partial charge in [0.1, 0.15) is 0 Å². The van der Waals surface area contributed by atoms with E-state index in [2.05, 4.69) is 16.7 Å². The topological polar surface area (TPSA) is 50.4 Å². The number of halogens is 1. The molecule has 2 N–H and O–H groups in total. The summed E-state index contributed by atoms with van der Waals surface area (Å²) in [5, 5.41) is 6.52. The number of ether oxygens (including phenoxy) is 1. The minimum atomic E-state index is 0. The summed E-state index contributed by atoms with van der Waals surface area (Å²) in [6.07, 6.45) is 5.64. The van der Waals surface area contributed by atoms with Gasteiger partial charge in [0.05, 0.1) is 11.5 Å². The predicted octanol–water partition coefficient (Wildman–Crippen LogP) is 2.40. The first kappa shape index (κ1) is 17.7. The molecule has 4 nitrogen and oxygen atoms in total. The van der Waals surface area contributed by atoms with Crippen LogP contribution in [0.1, 0.15) is 39.4 Å². The van der Waals surface area contributed by atoms with Gasteiger partial charge in [-0.25, -0.2) is 0 Å². The molecule has 0 aromatic carbocycles. The zero-order valence-electron chi connectivity index (χ0n) is 13.1. The summed E-state index contributed by atoms with van der Waals surface area (Å²) in [5.41, 5.74) is 1.48. The van der Waals surface area contributed by atoms with Gasteiger partial charge in [-0.05, 0) is 56.8 Å². The zero-order valence-corrected chi connectivity index (χ0v) is 14.7. The number of methoxy groups -OCH3 is 1. The first-order valence-corrected chi connectivity index (χ1v) is 8.64. The number of fused-ring (bicyclic) bond motifs is 1. The number of amides is 1. The van der Waals surface area contributed by atoms with Crippen molar-refractivity contribution >= 4 is 29.7 Å². The van der Waals surface area contributed by atoms with Gasteiger partial charge in [0.2, 0.25) is 0 Å². The van der Waals surface area contributed by atoms with Crippen molar-refractivity contribution in [2.45, 2.75) is 32.1 Å². The maximum atomic E-state index is 12.4. The summed E-state index contributed by atoms with van der Waals surface area (Å²) in [6.45, 7) is 3.44. The van der Waals surface area contributed by atoms with E-state index in [1.54, 1.807) is 18.4 Å². The highest BCUT2D eigenvalue weighted by molar-refractivity contribution is 7.14. The second-order valence-electron chi connectivity index (χ2n) is 6.28. The molecule has 2 heterocycles. The summed E-state index contributed by atoms with van der Waals surface area (Å²) in [4.78, 5) is 14.7. The third-order valence-electron chi connectivity index (χ3n) is 4.71. The Morgan fingerprint density at radius 2 is 2.18 bits per heavy atom. The zero-order chi connectivity index (χ0) is 14.7. The molecule has 1 saturated heterocycles. The van der Waals surface area contributed by atoms with Gasteiger partial charge in [0.15, 0.2) is 0 Å². The molecule has 0 radical (unpaired) electrons. The molecule has 1 amide bonds. The number of nitrogens with one attached hydrogen (secondary N) is 2. The molecular formula is C16H25ClN2O2S. The number of carbonyl (C=O) groups excluding carboxylic acids is 1. The lowest BCUT2D eigenvalue weighted by Gasteiger charge is -2.37.